The molecule has 8 nitrogen and oxygen atoms in total. The summed E-state index contributed by atoms with van der Waals surface area (Å²) < 4.78 is 0. The van der Waals surface area contributed by atoms with Gasteiger partial charge in [-0.2, -0.15) is 0 Å². The van der Waals surface area contributed by atoms with Gasteiger partial charge in [0.25, 0.3) is 17.4 Å². The molecule has 0 N–H and O–H groups in total. The van der Waals surface area contributed by atoms with Gasteiger partial charge in [0.1, 0.15) is 5.92 Å². The van der Waals surface area contributed by atoms with Crippen LogP contribution < -0.4 is 4.90 Å². The largest absolute Gasteiger partial charge is 0.594 e. The number of fused-ring (bicyclic) bond motifs is 3. The van der Waals surface area contributed by atoms with E-state index in [-0.39, 0.29) is 5.71 Å². The minimum Gasteiger partial charge on any atom is -0.594 e. The SMILES string of the molecule is O=C1[C@@H]2[C@@H](ON3[N+]([O-])=C(c4ccccc4)C(=O)C23c2ccccc2)C(=O)N1c1ccccc1. The molecule has 2 fully saturated rings. The molecule has 3 atom stereocenters. The van der Waals surface area contributed by atoms with Crippen LogP contribution in [0.15, 0.2) is 91.0 Å². The van der Waals surface area contributed by atoms with Crippen LogP contribution in [-0.4, -0.2) is 39.4 Å². The molecule has 0 aromatic heterocycles. The molecule has 3 aliphatic heterocycles. The van der Waals surface area contributed by atoms with Crippen molar-refractivity contribution in [2.75, 3.05) is 4.90 Å². The van der Waals surface area contributed by atoms with Crippen LogP contribution >= 0.6 is 0 Å². The molecule has 33 heavy (non-hydrogen) atoms. The molecule has 2 saturated heterocycles. The second kappa shape index (κ2) is 6.85. The molecule has 162 valence electrons. The number of carbonyl (C=O) groups excluding carboxylic acids is 3. The number of ketones is 1. The number of Topliss-reactive ketones (excluding diaryl/α,β-unsaturated/α-hetero) is 1. The highest BCUT2D eigenvalue weighted by Gasteiger charge is 2.78. The summed E-state index contributed by atoms with van der Waals surface area (Å²) in [6, 6.07) is 25.5. The molecule has 8 heteroatoms. The zero-order valence-electron chi connectivity index (χ0n) is 17.2. The number of benzene rings is 3. The third-order valence-electron chi connectivity index (χ3n) is 6.41. The first-order chi connectivity index (χ1) is 16.1. The van der Waals surface area contributed by atoms with E-state index in [1.165, 1.54) is 0 Å². The number of anilines is 1. The summed E-state index contributed by atoms with van der Waals surface area (Å²) in [4.78, 5) is 48.3. The quantitative estimate of drug-likeness (QED) is 0.353. The highest BCUT2D eigenvalue weighted by molar-refractivity contribution is 6.48. The number of hydrogen-bond donors (Lipinski definition) is 0. The van der Waals surface area contributed by atoms with Gasteiger partial charge in [0.05, 0.1) is 11.3 Å². The number of hydrazone groups is 1. The Bertz CT molecular complexity index is 1330. The number of hydrazine groups is 1. The summed E-state index contributed by atoms with van der Waals surface area (Å²) in [5.74, 6) is -3.00. The van der Waals surface area contributed by atoms with Crippen molar-refractivity contribution in [3.8, 4) is 0 Å². The standard InChI is InChI=1S/C25H17N3O5/c29-22-20(16-10-4-1-5-11-16)27(32)28-25(22,17-12-6-2-7-13-17)19-21(33-28)24(31)26(23(19)30)18-14-8-3-9-15-18/h1-15,19,21H/t19-,21+,25?/m0/s1. The van der Waals surface area contributed by atoms with E-state index in [0.717, 1.165) is 10.1 Å². The van der Waals surface area contributed by atoms with E-state index >= 15 is 0 Å². The normalized spacial score (nSPS) is 26.2. The summed E-state index contributed by atoms with van der Waals surface area (Å²) in [6.07, 6.45) is -1.30. The van der Waals surface area contributed by atoms with Crippen molar-refractivity contribution >= 4 is 29.0 Å². The van der Waals surface area contributed by atoms with Gasteiger partial charge in [-0.05, 0) is 39.8 Å². The minimum atomic E-state index is -1.80. The first-order valence-electron chi connectivity index (χ1n) is 10.5. The summed E-state index contributed by atoms with van der Waals surface area (Å²) in [6.45, 7) is 0. The van der Waals surface area contributed by atoms with Gasteiger partial charge < -0.3 is 5.21 Å². The molecule has 0 radical (unpaired) electrons. The van der Waals surface area contributed by atoms with Crippen molar-refractivity contribution in [2.45, 2.75) is 11.6 Å². The molecular weight excluding hydrogens is 422 g/mol. The number of carbonyl (C=O) groups is 3. The molecule has 6 rings (SSSR count). The van der Waals surface area contributed by atoms with E-state index in [0.29, 0.717) is 21.7 Å². The topological polar surface area (TPSA) is 93.0 Å². The number of nitrogens with zero attached hydrogens (tertiary/aromatic N) is 3. The summed E-state index contributed by atoms with van der Waals surface area (Å²) in [5, 5.41) is 14.3. The van der Waals surface area contributed by atoms with Crippen LogP contribution in [0.2, 0.25) is 0 Å². The predicted octanol–water partition coefficient (Wildman–Crippen LogP) is 2.18. The van der Waals surface area contributed by atoms with Crippen LogP contribution in [0.25, 0.3) is 0 Å². The average molecular weight is 439 g/mol. The Morgan fingerprint density at radius 1 is 0.788 bits per heavy atom. The van der Waals surface area contributed by atoms with Crippen molar-refractivity contribution in [3.05, 3.63) is 107 Å². The first kappa shape index (κ1) is 19.4. The van der Waals surface area contributed by atoms with E-state index in [9.17, 15) is 19.6 Å². The lowest BCUT2D eigenvalue weighted by Gasteiger charge is -2.29. The van der Waals surface area contributed by atoms with Gasteiger partial charge in [-0.15, -0.1) is 0 Å². The van der Waals surface area contributed by atoms with E-state index in [1.54, 1.807) is 91.0 Å². The van der Waals surface area contributed by atoms with Gasteiger partial charge in [0.2, 0.25) is 11.4 Å². The Balaban J connectivity index is 1.56. The zero-order chi connectivity index (χ0) is 22.7. The zero-order valence-corrected chi connectivity index (χ0v) is 17.2. The van der Waals surface area contributed by atoms with Crippen molar-refractivity contribution in [3.63, 3.8) is 0 Å². The summed E-state index contributed by atoms with van der Waals surface area (Å²) in [5.41, 5.74) is -0.743. The third-order valence-corrected chi connectivity index (χ3v) is 6.41. The Morgan fingerprint density at radius 2 is 1.36 bits per heavy atom. The summed E-state index contributed by atoms with van der Waals surface area (Å²) >= 11 is 0. The molecule has 3 heterocycles. The maximum atomic E-state index is 14.1. The molecule has 0 saturated carbocycles. The van der Waals surface area contributed by atoms with Crippen molar-refractivity contribution in [2.24, 2.45) is 5.92 Å². The second-order valence-corrected chi connectivity index (χ2v) is 8.07. The summed E-state index contributed by atoms with van der Waals surface area (Å²) in [7, 11) is 0. The maximum Gasteiger partial charge on any atom is 0.297 e. The van der Waals surface area contributed by atoms with E-state index in [2.05, 4.69) is 0 Å². The first-order valence-corrected chi connectivity index (χ1v) is 10.5. The fraction of sp³-hybridized carbons (Fsp3) is 0.120. The Kier molecular flexibility index (Phi) is 4.02. The molecule has 0 aliphatic carbocycles. The molecule has 3 aliphatic rings. The Hall–Kier alpha value is -4.30. The monoisotopic (exact) mass is 439 g/mol. The lowest BCUT2D eigenvalue weighted by atomic mass is 9.73. The van der Waals surface area contributed by atoms with Crippen LogP contribution in [-0.2, 0) is 24.8 Å². The second-order valence-electron chi connectivity index (χ2n) is 8.07. The fourth-order valence-corrected chi connectivity index (χ4v) is 5.02. The van der Waals surface area contributed by atoms with Crippen LogP contribution in [0.4, 0.5) is 5.69 Å². The maximum absolute atomic E-state index is 14.1. The van der Waals surface area contributed by atoms with Crippen LogP contribution in [0, 0.1) is 11.1 Å². The number of amides is 2. The molecule has 0 spiro atoms. The number of hydrogen-bond acceptors (Lipinski definition) is 6. The van der Waals surface area contributed by atoms with Crippen molar-refractivity contribution in [1.29, 1.82) is 0 Å². The number of rotatable bonds is 3. The fourth-order valence-electron chi connectivity index (χ4n) is 5.02. The molecule has 3 aromatic carbocycles. The van der Waals surface area contributed by atoms with E-state index < -0.39 is 35.2 Å². The number of imide groups is 1. The highest BCUT2D eigenvalue weighted by Crippen LogP contribution is 2.53. The number of para-hydroxylation sites is 1. The molecule has 2 amide bonds. The van der Waals surface area contributed by atoms with Crippen LogP contribution in [0.3, 0.4) is 0 Å². The lowest BCUT2D eigenvalue weighted by molar-refractivity contribution is -0.720. The van der Waals surface area contributed by atoms with Gasteiger partial charge in [-0.25, -0.2) is 9.74 Å². The van der Waals surface area contributed by atoms with Gasteiger partial charge in [-0.1, -0.05) is 66.7 Å². The average Bonchev–Trinajstić information content (AvgIpc) is 3.41. The Labute approximate surface area is 188 Å². The van der Waals surface area contributed by atoms with E-state index in [4.69, 9.17) is 4.84 Å². The molecule has 0 bridgehead atoms. The molecular formula is C25H17N3O5. The number of hydroxylamine groups is 1. The minimum absolute atomic E-state index is 0.142. The third kappa shape index (κ3) is 2.38. The van der Waals surface area contributed by atoms with Gasteiger partial charge in [0.15, 0.2) is 6.10 Å². The van der Waals surface area contributed by atoms with Gasteiger partial charge in [-0.3, -0.25) is 14.4 Å². The van der Waals surface area contributed by atoms with E-state index in [1.807, 2.05) is 0 Å². The molecule has 3 aromatic rings. The van der Waals surface area contributed by atoms with Crippen molar-refractivity contribution < 1.29 is 24.1 Å². The highest BCUT2D eigenvalue weighted by atomic mass is 16.8. The lowest BCUT2D eigenvalue weighted by Crippen LogP contribution is -2.52. The Morgan fingerprint density at radius 3 is 2.00 bits per heavy atom. The van der Waals surface area contributed by atoms with Gasteiger partial charge >= 0.3 is 0 Å². The van der Waals surface area contributed by atoms with Gasteiger partial charge in [0, 0.05) is 0 Å². The predicted molar refractivity (Wildman–Crippen MR) is 116 cm³/mol. The van der Waals surface area contributed by atoms with Crippen molar-refractivity contribution in [1.82, 2.24) is 5.17 Å². The van der Waals surface area contributed by atoms with Crippen LogP contribution in [0.1, 0.15) is 11.1 Å². The smallest absolute Gasteiger partial charge is 0.297 e. The molecule has 1 unspecified atom stereocenters. The van der Waals surface area contributed by atoms with Crippen LogP contribution in [0.5, 0.6) is 0 Å².